The zero-order valence-corrected chi connectivity index (χ0v) is 12.1. The van der Waals surface area contributed by atoms with Gasteiger partial charge in [0.1, 0.15) is 0 Å². The van der Waals surface area contributed by atoms with Gasteiger partial charge in [-0.05, 0) is 56.4 Å². The molecule has 0 unspecified atom stereocenters. The van der Waals surface area contributed by atoms with Crippen LogP contribution in [0.2, 0.25) is 0 Å². The molecule has 1 saturated carbocycles. The van der Waals surface area contributed by atoms with Gasteiger partial charge in [0.15, 0.2) is 0 Å². The molecule has 94 valence electrons. The Morgan fingerprint density at radius 2 is 1.94 bits per heavy atom. The Labute approximate surface area is 112 Å². The van der Waals surface area contributed by atoms with Crippen molar-refractivity contribution in [3.05, 3.63) is 28.2 Å². The van der Waals surface area contributed by atoms with Crippen molar-refractivity contribution < 1.29 is 4.74 Å². The molecule has 1 aliphatic rings. The van der Waals surface area contributed by atoms with Crippen LogP contribution < -0.4 is 5.32 Å². The molecule has 3 heteroatoms. The summed E-state index contributed by atoms with van der Waals surface area (Å²) in [6, 6.07) is 7.00. The molecule has 1 aromatic carbocycles. The zero-order valence-electron chi connectivity index (χ0n) is 10.5. The largest absolute Gasteiger partial charge is 0.382 e. The average Bonchev–Trinajstić information content (AvgIpc) is 2.34. The molecule has 1 aliphatic carbocycles. The molecular formula is C14H20BrNO. The topological polar surface area (TPSA) is 21.3 Å². The second kappa shape index (κ2) is 5.87. The summed E-state index contributed by atoms with van der Waals surface area (Å²) in [5.74, 6) is 0. The van der Waals surface area contributed by atoms with Gasteiger partial charge in [0.25, 0.3) is 0 Å². The number of hydrogen-bond donors (Lipinski definition) is 1. The second-order valence-corrected chi connectivity index (χ2v) is 5.73. The Morgan fingerprint density at radius 3 is 2.53 bits per heavy atom. The highest BCUT2D eigenvalue weighted by atomic mass is 79.9. The maximum atomic E-state index is 5.40. The summed E-state index contributed by atoms with van der Waals surface area (Å²) in [5.41, 5.74) is 2.56. The molecule has 0 heterocycles. The van der Waals surface area contributed by atoms with Crippen LogP contribution in [0.1, 0.15) is 31.2 Å². The first kappa shape index (κ1) is 12.9. The predicted octanol–water partition coefficient (Wildman–Crippen LogP) is 4.13. The van der Waals surface area contributed by atoms with E-state index < -0.39 is 0 Å². The van der Waals surface area contributed by atoms with E-state index in [9.17, 15) is 0 Å². The summed E-state index contributed by atoms with van der Waals surface area (Å²) in [6.45, 7) is 2.15. The van der Waals surface area contributed by atoms with Crippen LogP contribution in [0.5, 0.6) is 0 Å². The fraction of sp³-hybridized carbons (Fsp3) is 0.571. The molecule has 0 bridgehead atoms. The van der Waals surface area contributed by atoms with E-state index in [4.69, 9.17) is 4.74 Å². The van der Waals surface area contributed by atoms with Crippen molar-refractivity contribution in [3.8, 4) is 0 Å². The lowest BCUT2D eigenvalue weighted by atomic mass is 9.92. The molecule has 1 fully saturated rings. The number of anilines is 1. The SMILES string of the molecule is COC1CCC(Nc2ccc(Br)cc2C)CC1. The van der Waals surface area contributed by atoms with Gasteiger partial charge in [-0.3, -0.25) is 0 Å². The van der Waals surface area contributed by atoms with Gasteiger partial charge in [-0.15, -0.1) is 0 Å². The van der Waals surface area contributed by atoms with Gasteiger partial charge in [-0.25, -0.2) is 0 Å². The van der Waals surface area contributed by atoms with Crippen molar-refractivity contribution in [2.75, 3.05) is 12.4 Å². The number of hydrogen-bond acceptors (Lipinski definition) is 2. The lowest BCUT2D eigenvalue weighted by Crippen LogP contribution is -2.29. The van der Waals surface area contributed by atoms with Crippen LogP contribution in [0.25, 0.3) is 0 Å². The van der Waals surface area contributed by atoms with Gasteiger partial charge in [0, 0.05) is 23.3 Å². The Hall–Kier alpha value is -0.540. The number of aryl methyl sites for hydroxylation is 1. The fourth-order valence-electron chi connectivity index (χ4n) is 2.45. The van der Waals surface area contributed by atoms with Crippen LogP contribution >= 0.6 is 15.9 Å². The van der Waals surface area contributed by atoms with Crippen LogP contribution in [0.3, 0.4) is 0 Å². The number of ether oxygens (including phenoxy) is 1. The van der Waals surface area contributed by atoms with E-state index in [0.717, 1.165) is 4.47 Å². The molecule has 17 heavy (non-hydrogen) atoms. The Balaban J connectivity index is 1.93. The van der Waals surface area contributed by atoms with Crippen molar-refractivity contribution in [2.24, 2.45) is 0 Å². The molecule has 0 spiro atoms. The molecule has 2 nitrogen and oxygen atoms in total. The smallest absolute Gasteiger partial charge is 0.0572 e. The standard InChI is InChI=1S/C14H20BrNO/c1-10-9-11(15)3-8-14(10)16-12-4-6-13(17-2)7-5-12/h3,8-9,12-13,16H,4-7H2,1-2H3. The van der Waals surface area contributed by atoms with Gasteiger partial charge in [0.2, 0.25) is 0 Å². The third kappa shape index (κ3) is 3.46. The van der Waals surface area contributed by atoms with Crippen molar-refractivity contribution in [1.82, 2.24) is 0 Å². The first-order valence-corrected chi connectivity index (χ1v) is 7.04. The Bertz CT molecular complexity index is 372. The van der Waals surface area contributed by atoms with E-state index in [-0.39, 0.29) is 0 Å². The summed E-state index contributed by atoms with van der Waals surface area (Å²) in [5, 5.41) is 3.64. The summed E-state index contributed by atoms with van der Waals surface area (Å²) < 4.78 is 6.54. The first-order chi connectivity index (χ1) is 8.19. The normalized spacial score (nSPS) is 24.6. The highest BCUT2D eigenvalue weighted by Gasteiger charge is 2.20. The van der Waals surface area contributed by atoms with Crippen molar-refractivity contribution >= 4 is 21.6 Å². The molecule has 2 rings (SSSR count). The molecule has 0 radical (unpaired) electrons. The predicted molar refractivity (Wildman–Crippen MR) is 75.6 cm³/mol. The van der Waals surface area contributed by atoms with Gasteiger partial charge in [0.05, 0.1) is 6.10 Å². The number of halogens is 1. The monoisotopic (exact) mass is 297 g/mol. The maximum absolute atomic E-state index is 5.40. The lowest BCUT2D eigenvalue weighted by molar-refractivity contribution is 0.0682. The molecule has 0 aromatic heterocycles. The van der Waals surface area contributed by atoms with Crippen molar-refractivity contribution in [3.63, 3.8) is 0 Å². The van der Waals surface area contributed by atoms with E-state index in [1.54, 1.807) is 0 Å². The van der Waals surface area contributed by atoms with Crippen LogP contribution in [-0.4, -0.2) is 19.3 Å². The third-order valence-electron chi connectivity index (χ3n) is 3.56. The van der Waals surface area contributed by atoms with Crippen LogP contribution in [0, 0.1) is 6.92 Å². The van der Waals surface area contributed by atoms with Crippen LogP contribution in [0.4, 0.5) is 5.69 Å². The highest BCUT2D eigenvalue weighted by molar-refractivity contribution is 9.10. The minimum atomic E-state index is 0.471. The zero-order chi connectivity index (χ0) is 12.3. The Morgan fingerprint density at radius 1 is 1.24 bits per heavy atom. The maximum Gasteiger partial charge on any atom is 0.0572 e. The number of methoxy groups -OCH3 is 1. The number of benzene rings is 1. The molecule has 0 atom stereocenters. The molecular weight excluding hydrogens is 278 g/mol. The van der Waals surface area contributed by atoms with Crippen LogP contribution in [-0.2, 0) is 4.74 Å². The van der Waals surface area contributed by atoms with Crippen molar-refractivity contribution in [2.45, 2.75) is 44.8 Å². The van der Waals surface area contributed by atoms with Gasteiger partial charge >= 0.3 is 0 Å². The fourth-order valence-corrected chi connectivity index (χ4v) is 2.93. The van der Waals surface area contributed by atoms with Gasteiger partial charge < -0.3 is 10.1 Å². The lowest BCUT2D eigenvalue weighted by Gasteiger charge is -2.29. The van der Waals surface area contributed by atoms with Crippen molar-refractivity contribution in [1.29, 1.82) is 0 Å². The van der Waals surface area contributed by atoms with E-state index in [1.165, 1.54) is 36.9 Å². The average molecular weight is 298 g/mol. The summed E-state index contributed by atoms with van der Waals surface area (Å²) in [4.78, 5) is 0. The minimum absolute atomic E-state index is 0.471. The molecule has 0 saturated heterocycles. The third-order valence-corrected chi connectivity index (χ3v) is 4.05. The van der Waals surface area contributed by atoms with E-state index in [1.807, 2.05) is 7.11 Å². The summed E-state index contributed by atoms with van der Waals surface area (Å²) in [6.07, 6.45) is 5.22. The minimum Gasteiger partial charge on any atom is -0.382 e. The van der Waals surface area contributed by atoms with E-state index in [2.05, 4.69) is 46.4 Å². The molecule has 1 N–H and O–H groups in total. The number of rotatable bonds is 3. The first-order valence-electron chi connectivity index (χ1n) is 6.24. The summed E-state index contributed by atoms with van der Waals surface area (Å²) >= 11 is 3.49. The number of nitrogens with one attached hydrogen (secondary N) is 1. The molecule has 1 aromatic rings. The van der Waals surface area contributed by atoms with Crippen LogP contribution in [0.15, 0.2) is 22.7 Å². The quantitative estimate of drug-likeness (QED) is 0.906. The molecule has 0 aliphatic heterocycles. The second-order valence-electron chi connectivity index (χ2n) is 4.81. The van der Waals surface area contributed by atoms with E-state index >= 15 is 0 Å². The van der Waals surface area contributed by atoms with Gasteiger partial charge in [-0.2, -0.15) is 0 Å². The van der Waals surface area contributed by atoms with Gasteiger partial charge in [-0.1, -0.05) is 15.9 Å². The van der Waals surface area contributed by atoms with E-state index in [0.29, 0.717) is 12.1 Å². The highest BCUT2D eigenvalue weighted by Crippen LogP contribution is 2.26. The summed E-state index contributed by atoms with van der Waals surface area (Å²) in [7, 11) is 1.82. The molecule has 0 amide bonds. The Kier molecular flexibility index (Phi) is 4.46.